The van der Waals surface area contributed by atoms with Gasteiger partial charge in [0, 0.05) is 12.1 Å². The molecule has 0 radical (unpaired) electrons. The fourth-order valence-corrected chi connectivity index (χ4v) is 2.25. The van der Waals surface area contributed by atoms with Crippen LogP contribution in [0.1, 0.15) is 25.0 Å². The Bertz CT molecular complexity index is 451. The molecule has 0 bridgehead atoms. The Hall–Kier alpha value is -1.24. The van der Waals surface area contributed by atoms with Crippen molar-refractivity contribution in [3.8, 4) is 11.8 Å². The largest absolute Gasteiger partial charge is 0.486 e. The van der Waals surface area contributed by atoms with Crippen molar-refractivity contribution in [1.82, 2.24) is 4.42 Å². The Morgan fingerprint density at radius 3 is 2.94 bits per heavy atom. The van der Waals surface area contributed by atoms with Gasteiger partial charge in [0.15, 0.2) is 0 Å². The average molecular weight is 237 g/mol. The summed E-state index contributed by atoms with van der Waals surface area (Å²) < 4.78 is 7.59. The van der Waals surface area contributed by atoms with Crippen molar-refractivity contribution in [2.24, 2.45) is 0 Å². The number of hydrogen-bond donors (Lipinski definition) is 0. The fourth-order valence-electron chi connectivity index (χ4n) is 1.83. The summed E-state index contributed by atoms with van der Waals surface area (Å²) in [5, 5.41) is 8.85. The van der Waals surface area contributed by atoms with Crippen LogP contribution < -0.4 is 4.74 Å². The molecule has 1 aliphatic rings. The molecule has 0 spiro atoms. The number of rotatable bonds is 0. The standard InChI is InChI=1S/C12H13ClN2O/c1-12(2)8-15(13)7-10-4-3-9(6-14)5-11(10)16-12/h3-5H,7-8H2,1-2H3. The molecule has 16 heavy (non-hydrogen) atoms. The molecule has 0 saturated carbocycles. The summed E-state index contributed by atoms with van der Waals surface area (Å²) in [7, 11) is 0. The Balaban J connectivity index is 2.44. The number of ether oxygens (including phenoxy) is 1. The highest BCUT2D eigenvalue weighted by molar-refractivity contribution is 6.13. The molecule has 0 aromatic heterocycles. The van der Waals surface area contributed by atoms with Crippen molar-refractivity contribution < 1.29 is 4.74 Å². The van der Waals surface area contributed by atoms with Gasteiger partial charge >= 0.3 is 0 Å². The van der Waals surface area contributed by atoms with Gasteiger partial charge in [0.05, 0.1) is 18.2 Å². The zero-order valence-corrected chi connectivity index (χ0v) is 10.1. The highest BCUT2D eigenvalue weighted by Gasteiger charge is 2.28. The Morgan fingerprint density at radius 1 is 1.50 bits per heavy atom. The van der Waals surface area contributed by atoms with Crippen molar-refractivity contribution in [2.75, 3.05) is 6.54 Å². The van der Waals surface area contributed by atoms with E-state index >= 15 is 0 Å². The minimum absolute atomic E-state index is 0.346. The van der Waals surface area contributed by atoms with Gasteiger partial charge in [-0.15, -0.1) is 0 Å². The summed E-state index contributed by atoms with van der Waals surface area (Å²) in [4.78, 5) is 0. The molecule has 1 heterocycles. The van der Waals surface area contributed by atoms with Crippen LogP contribution in [-0.4, -0.2) is 16.6 Å². The average Bonchev–Trinajstić information content (AvgIpc) is 2.29. The number of nitrogens with zero attached hydrogens (tertiary/aromatic N) is 2. The Kier molecular flexibility index (Phi) is 2.79. The third kappa shape index (κ3) is 2.29. The fraction of sp³-hybridized carbons (Fsp3) is 0.417. The van der Waals surface area contributed by atoms with Crippen LogP contribution in [0, 0.1) is 11.3 Å². The molecule has 0 saturated heterocycles. The lowest BCUT2D eigenvalue weighted by atomic mass is 10.1. The summed E-state index contributed by atoms with van der Waals surface area (Å²) in [6.07, 6.45) is 0. The first-order valence-corrected chi connectivity index (χ1v) is 5.47. The van der Waals surface area contributed by atoms with Crippen LogP contribution in [0.2, 0.25) is 0 Å². The summed E-state index contributed by atoms with van der Waals surface area (Å²) in [5.74, 6) is 0.757. The zero-order valence-electron chi connectivity index (χ0n) is 9.33. The molecule has 0 N–H and O–H groups in total. The molecule has 0 fully saturated rings. The van der Waals surface area contributed by atoms with Crippen LogP contribution in [0.5, 0.6) is 5.75 Å². The van der Waals surface area contributed by atoms with Gasteiger partial charge in [0.25, 0.3) is 0 Å². The van der Waals surface area contributed by atoms with E-state index < -0.39 is 0 Å². The Labute approximate surface area is 100 Å². The van der Waals surface area contributed by atoms with Gasteiger partial charge in [0.1, 0.15) is 11.4 Å². The molecule has 4 heteroatoms. The first-order valence-electron chi connectivity index (χ1n) is 5.13. The highest BCUT2D eigenvalue weighted by atomic mass is 35.5. The monoisotopic (exact) mass is 236 g/mol. The van der Waals surface area contributed by atoms with E-state index in [1.165, 1.54) is 0 Å². The predicted octanol–water partition coefficient (Wildman–Crippen LogP) is 2.69. The van der Waals surface area contributed by atoms with Crippen molar-refractivity contribution >= 4 is 11.8 Å². The summed E-state index contributed by atoms with van der Waals surface area (Å²) in [6, 6.07) is 7.56. The summed E-state index contributed by atoms with van der Waals surface area (Å²) in [6.45, 7) is 5.24. The van der Waals surface area contributed by atoms with Crippen molar-refractivity contribution in [2.45, 2.75) is 26.0 Å². The molecule has 0 aliphatic carbocycles. The first kappa shape index (κ1) is 11.3. The maximum Gasteiger partial charge on any atom is 0.126 e. The SMILES string of the molecule is CC1(C)CN(Cl)Cc2ccc(C#N)cc2O1. The summed E-state index contributed by atoms with van der Waals surface area (Å²) in [5.41, 5.74) is 1.28. The van der Waals surface area contributed by atoms with E-state index in [0.29, 0.717) is 18.7 Å². The molecule has 3 nitrogen and oxygen atoms in total. The minimum Gasteiger partial charge on any atom is -0.486 e. The Morgan fingerprint density at radius 2 is 2.25 bits per heavy atom. The number of fused-ring (bicyclic) bond motifs is 1. The van der Waals surface area contributed by atoms with E-state index in [4.69, 9.17) is 21.8 Å². The van der Waals surface area contributed by atoms with Crippen LogP contribution in [0.3, 0.4) is 0 Å². The van der Waals surface area contributed by atoms with E-state index in [-0.39, 0.29) is 5.60 Å². The van der Waals surface area contributed by atoms with Gasteiger partial charge in [-0.1, -0.05) is 6.07 Å². The smallest absolute Gasteiger partial charge is 0.126 e. The first-order chi connectivity index (χ1) is 7.50. The molecule has 1 aromatic rings. The van der Waals surface area contributed by atoms with Gasteiger partial charge in [-0.2, -0.15) is 5.26 Å². The van der Waals surface area contributed by atoms with Gasteiger partial charge in [0.2, 0.25) is 0 Å². The molecule has 1 aromatic carbocycles. The van der Waals surface area contributed by atoms with Crippen LogP contribution in [0.25, 0.3) is 0 Å². The summed E-state index contributed by atoms with van der Waals surface area (Å²) >= 11 is 6.10. The van der Waals surface area contributed by atoms with Gasteiger partial charge in [-0.3, -0.25) is 0 Å². The van der Waals surface area contributed by atoms with Crippen LogP contribution in [0.15, 0.2) is 18.2 Å². The lowest BCUT2D eigenvalue weighted by Crippen LogP contribution is -2.36. The van der Waals surface area contributed by atoms with Gasteiger partial charge in [-0.25, -0.2) is 4.42 Å². The maximum absolute atomic E-state index is 8.85. The molecule has 84 valence electrons. The quantitative estimate of drug-likeness (QED) is 0.650. The molecule has 0 atom stereocenters. The van der Waals surface area contributed by atoms with E-state index in [2.05, 4.69) is 6.07 Å². The third-order valence-electron chi connectivity index (χ3n) is 2.48. The zero-order chi connectivity index (χ0) is 11.8. The lowest BCUT2D eigenvalue weighted by molar-refractivity contribution is 0.0964. The minimum atomic E-state index is -0.346. The third-order valence-corrected chi connectivity index (χ3v) is 2.72. The van der Waals surface area contributed by atoms with Crippen molar-refractivity contribution in [3.63, 3.8) is 0 Å². The topological polar surface area (TPSA) is 36.3 Å². The molecule has 0 amide bonds. The number of halogens is 1. The van der Waals surface area contributed by atoms with Crippen LogP contribution >= 0.6 is 11.8 Å². The normalized spacial score (nSPS) is 19.1. The molecular weight excluding hydrogens is 224 g/mol. The van der Waals surface area contributed by atoms with Crippen LogP contribution in [-0.2, 0) is 6.54 Å². The van der Waals surface area contributed by atoms with Gasteiger partial charge < -0.3 is 4.74 Å². The molecule has 2 rings (SSSR count). The maximum atomic E-state index is 8.85. The second-order valence-corrected chi connectivity index (χ2v) is 5.05. The predicted molar refractivity (Wildman–Crippen MR) is 62.1 cm³/mol. The van der Waals surface area contributed by atoms with Crippen molar-refractivity contribution in [1.29, 1.82) is 5.26 Å². The van der Waals surface area contributed by atoms with E-state index in [0.717, 1.165) is 11.3 Å². The molecular formula is C12H13ClN2O. The second-order valence-electron chi connectivity index (χ2n) is 4.57. The highest BCUT2D eigenvalue weighted by Crippen LogP contribution is 2.30. The number of benzene rings is 1. The second kappa shape index (κ2) is 3.97. The molecule has 0 unspecified atom stereocenters. The molecule has 1 aliphatic heterocycles. The lowest BCUT2D eigenvalue weighted by Gasteiger charge is -2.26. The van der Waals surface area contributed by atoms with E-state index in [1.807, 2.05) is 19.9 Å². The van der Waals surface area contributed by atoms with E-state index in [1.54, 1.807) is 16.6 Å². The number of hydrogen-bond acceptors (Lipinski definition) is 3. The van der Waals surface area contributed by atoms with Crippen molar-refractivity contribution in [3.05, 3.63) is 29.3 Å². The van der Waals surface area contributed by atoms with E-state index in [9.17, 15) is 0 Å². The number of nitriles is 1. The van der Waals surface area contributed by atoms with Gasteiger partial charge in [-0.05, 0) is 37.8 Å². The van der Waals surface area contributed by atoms with Crippen LogP contribution in [0.4, 0.5) is 0 Å².